The van der Waals surface area contributed by atoms with Crippen LogP contribution in [0.25, 0.3) is 0 Å². The molecule has 22 heavy (non-hydrogen) atoms. The van der Waals surface area contributed by atoms with Gasteiger partial charge in [-0.25, -0.2) is 0 Å². The predicted molar refractivity (Wildman–Crippen MR) is 79.0 cm³/mol. The monoisotopic (exact) mass is 301 g/mol. The number of benzene rings is 1. The van der Waals surface area contributed by atoms with Gasteiger partial charge in [0.25, 0.3) is 0 Å². The van der Waals surface area contributed by atoms with E-state index in [1.54, 1.807) is 18.2 Å². The van der Waals surface area contributed by atoms with E-state index in [4.69, 9.17) is 4.74 Å². The average Bonchev–Trinajstić information content (AvgIpc) is 2.85. The largest absolute Gasteiger partial charge is 0.504 e. The molecule has 2 bridgehead atoms. The van der Waals surface area contributed by atoms with Crippen LogP contribution in [0.5, 0.6) is 11.5 Å². The summed E-state index contributed by atoms with van der Waals surface area (Å²) in [4.78, 5) is 2.19. The minimum atomic E-state index is -1.07. The maximum atomic E-state index is 11.6. The van der Waals surface area contributed by atoms with Gasteiger partial charge in [0, 0.05) is 11.6 Å². The van der Waals surface area contributed by atoms with Gasteiger partial charge in [0.15, 0.2) is 11.5 Å². The van der Waals surface area contributed by atoms with E-state index in [0.29, 0.717) is 18.6 Å². The van der Waals surface area contributed by atoms with Crippen molar-refractivity contribution < 1.29 is 20.1 Å². The Bertz CT molecular complexity index is 717. The molecule has 5 nitrogen and oxygen atoms in total. The van der Waals surface area contributed by atoms with Crippen molar-refractivity contribution in [2.45, 2.75) is 42.1 Å². The molecule has 1 spiro atoms. The molecule has 0 radical (unpaired) electrons. The molecule has 2 aliphatic heterocycles. The van der Waals surface area contributed by atoms with Gasteiger partial charge in [0.05, 0.1) is 5.41 Å². The number of aromatic hydroxyl groups is 1. The molecule has 1 unspecified atom stereocenters. The Balaban J connectivity index is 1.89. The van der Waals surface area contributed by atoms with Gasteiger partial charge in [-0.15, -0.1) is 0 Å². The minimum Gasteiger partial charge on any atom is -0.504 e. The molecular formula is C17H19NO4. The van der Waals surface area contributed by atoms with Crippen molar-refractivity contribution >= 4 is 0 Å². The first-order valence-corrected chi connectivity index (χ1v) is 7.81. The maximum Gasteiger partial charge on any atom is 0.165 e. The van der Waals surface area contributed by atoms with Crippen LogP contribution in [-0.2, 0) is 11.8 Å². The first kappa shape index (κ1) is 12.9. The summed E-state index contributed by atoms with van der Waals surface area (Å²) >= 11 is 0. The van der Waals surface area contributed by atoms with Crippen molar-refractivity contribution in [2.24, 2.45) is 0 Å². The van der Waals surface area contributed by atoms with Gasteiger partial charge in [-0.05, 0) is 38.1 Å². The Morgan fingerprint density at radius 3 is 3.00 bits per heavy atom. The molecule has 2 heterocycles. The molecule has 0 aromatic heterocycles. The summed E-state index contributed by atoms with van der Waals surface area (Å²) in [7, 11) is 2.03. The number of likely N-dealkylation sites (tertiary alicyclic amines) is 1. The number of ether oxygens (including phenoxy) is 1. The van der Waals surface area contributed by atoms with Gasteiger partial charge in [-0.3, -0.25) is 4.90 Å². The second-order valence-electron chi connectivity index (χ2n) is 7.08. The number of piperidine rings is 1. The van der Waals surface area contributed by atoms with Gasteiger partial charge >= 0.3 is 0 Å². The number of aliphatic hydroxyl groups excluding tert-OH is 1. The number of rotatable bonds is 0. The summed E-state index contributed by atoms with van der Waals surface area (Å²) in [5.74, 6) is 0.543. The lowest BCUT2D eigenvalue weighted by Gasteiger charge is -2.61. The normalized spacial score (nSPS) is 44.6. The van der Waals surface area contributed by atoms with Crippen LogP contribution in [0.15, 0.2) is 24.3 Å². The van der Waals surface area contributed by atoms with E-state index in [0.717, 1.165) is 17.7 Å². The SMILES string of the molecule is CN1CC[C@]23c4c5ccc(O)c4O[C@H]2[C@@H](O)C=CC3(O)[C@H]1C5. The van der Waals surface area contributed by atoms with Gasteiger partial charge in [0.2, 0.25) is 0 Å². The van der Waals surface area contributed by atoms with Crippen molar-refractivity contribution in [3.63, 3.8) is 0 Å². The van der Waals surface area contributed by atoms with E-state index in [-0.39, 0.29) is 11.8 Å². The molecule has 116 valence electrons. The number of phenols is 1. The summed E-state index contributed by atoms with van der Waals surface area (Å²) in [5, 5.41) is 32.2. The van der Waals surface area contributed by atoms with Crippen LogP contribution in [0, 0.1) is 0 Å². The Morgan fingerprint density at radius 2 is 2.18 bits per heavy atom. The topological polar surface area (TPSA) is 73.2 Å². The maximum absolute atomic E-state index is 11.6. The lowest BCUT2D eigenvalue weighted by atomic mass is 9.50. The van der Waals surface area contributed by atoms with Crippen molar-refractivity contribution in [3.8, 4) is 11.5 Å². The molecule has 4 aliphatic rings. The lowest BCUT2D eigenvalue weighted by molar-refractivity contribution is -0.151. The van der Waals surface area contributed by atoms with Crippen molar-refractivity contribution in [1.82, 2.24) is 4.90 Å². The van der Waals surface area contributed by atoms with Crippen LogP contribution in [0.2, 0.25) is 0 Å². The number of phenolic OH excluding ortho intramolecular Hbond substituents is 1. The van der Waals surface area contributed by atoms with E-state index < -0.39 is 23.2 Å². The summed E-state index contributed by atoms with van der Waals surface area (Å²) in [6.07, 6.45) is 3.51. The first-order valence-electron chi connectivity index (χ1n) is 7.81. The standard InChI is InChI=1S/C17H19NO4/c1-18-7-6-16-13-9-2-3-10(19)14(13)22-15(16)11(20)4-5-17(16,21)12(18)8-9/h2-5,11-12,15,19-21H,6-8H2,1H3/t11-,12+,15-,16-,17?/m0/s1. The number of nitrogens with zero attached hydrogens (tertiary/aromatic N) is 1. The van der Waals surface area contributed by atoms with Crippen LogP contribution in [-0.4, -0.2) is 57.7 Å². The van der Waals surface area contributed by atoms with Gasteiger partial charge in [-0.2, -0.15) is 0 Å². The zero-order valence-electron chi connectivity index (χ0n) is 12.4. The Kier molecular flexibility index (Phi) is 2.16. The Labute approximate surface area is 128 Å². The highest BCUT2D eigenvalue weighted by molar-refractivity contribution is 5.63. The van der Waals surface area contributed by atoms with Gasteiger partial charge < -0.3 is 20.1 Å². The lowest BCUT2D eigenvalue weighted by Crippen LogP contribution is -2.75. The fraction of sp³-hybridized carbons (Fsp3) is 0.529. The van der Waals surface area contributed by atoms with Crippen LogP contribution >= 0.6 is 0 Å². The fourth-order valence-electron chi connectivity index (χ4n) is 5.29. The van der Waals surface area contributed by atoms with E-state index >= 15 is 0 Å². The smallest absolute Gasteiger partial charge is 0.165 e. The van der Waals surface area contributed by atoms with Gasteiger partial charge in [0.1, 0.15) is 17.8 Å². The zero-order chi connectivity index (χ0) is 15.3. The summed E-state index contributed by atoms with van der Waals surface area (Å²) in [5.41, 5.74) is 0.280. The van der Waals surface area contributed by atoms with Crippen molar-refractivity contribution in [1.29, 1.82) is 0 Å². The molecule has 1 aromatic carbocycles. The average molecular weight is 301 g/mol. The molecule has 0 saturated carbocycles. The molecule has 1 fully saturated rings. The second kappa shape index (κ2) is 3.67. The number of hydrogen-bond donors (Lipinski definition) is 3. The molecule has 5 heteroatoms. The second-order valence-corrected chi connectivity index (χ2v) is 7.08. The third-order valence-electron chi connectivity index (χ3n) is 6.28. The molecule has 2 aliphatic carbocycles. The highest BCUT2D eigenvalue weighted by atomic mass is 16.5. The van der Waals surface area contributed by atoms with Gasteiger partial charge in [-0.1, -0.05) is 18.2 Å². The molecule has 1 saturated heterocycles. The van der Waals surface area contributed by atoms with Crippen LogP contribution in [0.4, 0.5) is 0 Å². The van der Waals surface area contributed by atoms with Crippen LogP contribution in [0.1, 0.15) is 17.5 Å². The highest BCUT2D eigenvalue weighted by Crippen LogP contribution is 2.63. The molecule has 1 aromatic rings. The molecule has 0 amide bonds. The number of hydrogen-bond acceptors (Lipinski definition) is 5. The third kappa shape index (κ3) is 1.13. The summed E-state index contributed by atoms with van der Waals surface area (Å²) < 4.78 is 5.99. The van der Waals surface area contributed by atoms with Crippen LogP contribution < -0.4 is 4.74 Å². The zero-order valence-corrected chi connectivity index (χ0v) is 12.4. The molecule has 5 rings (SSSR count). The van der Waals surface area contributed by atoms with E-state index in [2.05, 4.69) is 4.90 Å². The van der Waals surface area contributed by atoms with Crippen molar-refractivity contribution in [3.05, 3.63) is 35.4 Å². The Hall–Kier alpha value is -1.56. The van der Waals surface area contributed by atoms with Crippen LogP contribution in [0.3, 0.4) is 0 Å². The molecule has 3 N–H and O–H groups in total. The van der Waals surface area contributed by atoms with Crippen molar-refractivity contribution in [2.75, 3.05) is 13.6 Å². The first-order chi connectivity index (χ1) is 10.5. The van der Waals surface area contributed by atoms with E-state index in [1.165, 1.54) is 0 Å². The fourth-order valence-corrected chi connectivity index (χ4v) is 5.29. The molecular weight excluding hydrogens is 282 g/mol. The predicted octanol–water partition coefficient (Wildman–Crippen LogP) is 0.313. The third-order valence-corrected chi connectivity index (χ3v) is 6.28. The Morgan fingerprint density at radius 1 is 1.36 bits per heavy atom. The summed E-state index contributed by atoms with van der Waals surface area (Å²) in [6, 6.07) is 3.54. The molecule has 5 atom stereocenters. The number of likely N-dealkylation sites (N-methyl/N-ethyl adjacent to an activating group) is 1. The quantitative estimate of drug-likeness (QED) is 0.602. The number of aliphatic hydroxyl groups is 2. The minimum absolute atomic E-state index is 0.0425. The van der Waals surface area contributed by atoms with E-state index in [9.17, 15) is 15.3 Å². The summed E-state index contributed by atoms with van der Waals surface area (Å²) in [6.45, 7) is 0.835. The van der Waals surface area contributed by atoms with E-state index in [1.807, 2.05) is 13.1 Å². The highest BCUT2D eigenvalue weighted by Gasteiger charge is 2.71.